The van der Waals surface area contributed by atoms with Crippen LogP contribution in [0.15, 0.2) is 35.3 Å². The van der Waals surface area contributed by atoms with Crippen LogP contribution in [0, 0.1) is 6.92 Å². The van der Waals surface area contributed by atoms with Crippen LogP contribution in [0.25, 0.3) is 11.0 Å². The summed E-state index contributed by atoms with van der Waals surface area (Å²) >= 11 is 12.0. The third-order valence-electron chi connectivity index (χ3n) is 4.86. The van der Waals surface area contributed by atoms with Gasteiger partial charge in [0.05, 0.1) is 10.0 Å². The second-order valence-corrected chi connectivity index (χ2v) is 7.47. The van der Waals surface area contributed by atoms with Crippen LogP contribution in [0.3, 0.4) is 0 Å². The van der Waals surface area contributed by atoms with E-state index in [2.05, 4.69) is 15.3 Å². The van der Waals surface area contributed by atoms with Crippen molar-refractivity contribution in [2.75, 3.05) is 5.32 Å². The van der Waals surface area contributed by atoms with Crippen molar-refractivity contribution >= 4 is 45.9 Å². The van der Waals surface area contributed by atoms with E-state index in [1.54, 1.807) is 24.4 Å². The molecule has 0 aliphatic heterocycles. The lowest BCUT2D eigenvalue weighted by molar-refractivity contribution is 0.515. The number of pyridine rings is 1. The summed E-state index contributed by atoms with van der Waals surface area (Å²) in [5.74, 6) is 0.424. The number of benzene rings is 1. The van der Waals surface area contributed by atoms with Crippen molar-refractivity contribution in [1.29, 1.82) is 0 Å². The number of halogens is 2. The zero-order chi connectivity index (χ0) is 18.3. The maximum atomic E-state index is 12.6. The molecule has 0 saturated heterocycles. The number of aryl methyl sites for hydroxylation is 1. The Balaban J connectivity index is 1.81. The molecule has 0 radical (unpaired) electrons. The van der Waals surface area contributed by atoms with Gasteiger partial charge in [0.25, 0.3) is 5.56 Å². The normalized spacial score (nSPS) is 14.9. The van der Waals surface area contributed by atoms with Gasteiger partial charge in [0, 0.05) is 29.4 Å². The van der Waals surface area contributed by atoms with Gasteiger partial charge in [-0.15, -0.1) is 0 Å². The highest BCUT2D eigenvalue weighted by atomic mass is 35.5. The molecule has 0 spiro atoms. The van der Waals surface area contributed by atoms with E-state index in [1.165, 1.54) is 0 Å². The first-order valence-corrected chi connectivity index (χ1v) is 9.39. The van der Waals surface area contributed by atoms with Crippen LogP contribution in [-0.4, -0.2) is 14.5 Å². The average molecular weight is 389 g/mol. The Bertz CT molecular complexity index is 1040. The van der Waals surface area contributed by atoms with Gasteiger partial charge in [-0.3, -0.25) is 9.36 Å². The molecule has 1 fully saturated rings. The first-order chi connectivity index (χ1) is 12.5. The summed E-state index contributed by atoms with van der Waals surface area (Å²) in [6.07, 6.45) is 6.08. The molecule has 1 aromatic carbocycles. The van der Waals surface area contributed by atoms with Gasteiger partial charge in [-0.25, -0.2) is 4.98 Å². The molecule has 26 heavy (non-hydrogen) atoms. The number of nitrogens with one attached hydrogen (secondary N) is 1. The standard InChI is InChI=1S/C19H18Cl2N4O/c1-11-8-17(26)25(13-4-2-3-5-13)18-14(11)10-22-19(24-18)23-12-6-7-15(20)16(21)9-12/h6-10,13H,2-5H2,1H3,(H,22,23,24). The van der Waals surface area contributed by atoms with E-state index in [0.29, 0.717) is 21.6 Å². The van der Waals surface area contributed by atoms with Gasteiger partial charge in [-0.2, -0.15) is 4.98 Å². The Morgan fingerprint density at radius 2 is 1.92 bits per heavy atom. The van der Waals surface area contributed by atoms with E-state index in [-0.39, 0.29) is 11.6 Å². The molecule has 3 aromatic rings. The van der Waals surface area contributed by atoms with Crippen LogP contribution in [0.4, 0.5) is 11.6 Å². The van der Waals surface area contributed by atoms with E-state index < -0.39 is 0 Å². The largest absolute Gasteiger partial charge is 0.324 e. The summed E-state index contributed by atoms with van der Waals surface area (Å²) in [6, 6.07) is 7.13. The summed E-state index contributed by atoms with van der Waals surface area (Å²) in [4.78, 5) is 21.7. The Kier molecular flexibility index (Phi) is 4.59. The summed E-state index contributed by atoms with van der Waals surface area (Å²) in [5.41, 5.74) is 2.31. The van der Waals surface area contributed by atoms with Crippen molar-refractivity contribution in [2.24, 2.45) is 0 Å². The predicted molar refractivity (Wildman–Crippen MR) is 106 cm³/mol. The second kappa shape index (κ2) is 6.89. The zero-order valence-corrected chi connectivity index (χ0v) is 15.8. The summed E-state index contributed by atoms with van der Waals surface area (Å²) in [5, 5.41) is 4.98. The summed E-state index contributed by atoms with van der Waals surface area (Å²) in [7, 11) is 0. The minimum atomic E-state index is 0.00101. The van der Waals surface area contributed by atoms with Gasteiger partial charge >= 0.3 is 0 Å². The fourth-order valence-electron chi connectivity index (χ4n) is 3.55. The van der Waals surface area contributed by atoms with Crippen LogP contribution in [0.1, 0.15) is 37.3 Å². The molecule has 1 N–H and O–H groups in total. The molecule has 7 heteroatoms. The van der Waals surface area contributed by atoms with Crippen LogP contribution >= 0.6 is 23.2 Å². The van der Waals surface area contributed by atoms with Crippen LogP contribution in [-0.2, 0) is 0 Å². The number of hydrogen-bond donors (Lipinski definition) is 1. The smallest absolute Gasteiger partial charge is 0.252 e. The molecule has 4 rings (SSSR count). The highest BCUT2D eigenvalue weighted by Gasteiger charge is 2.21. The van der Waals surface area contributed by atoms with Crippen molar-refractivity contribution in [2.45, 2.75) is 38.6 Å². The second-order valence-electron chi connectivity index (χ2n) is 6.66. The van der Waals surface area contributed by atoms with Crippen LogP contribution < -0.4 is 10.9 Å². The Hall–Kier alpha value is -2.11. The van der Waals surface area contributed by atoms with Gasteiger partial charge in [0.15, 0.2) is 0 Å². The van der Waals surface area contributed by atoms with Crippen LogP contribution in [0.5, 0.6) is 0 Å². The molecule has 1 aliphatic carbocycles. The molecular weight excluding hydrogens is 371 g/mol. The third kappa shape index (κ3) is 3.17. The number of hydrogen-bond acceptors (Lipinski definition) is 4. The number of aromatic nitrogens is 3. The van der Waals surface area contributed by atoms with Gasteiger partial charge in [-0.1, -0.05) is 36.0 Å². The van der Waals surface area contributed by atoms with Crippen LogP contribution in [0.2, 0.25) is 10.0 Å². The molecule has 134 valence electrons. The molecule has 2 aromatic heterocycles. The maximum absolute atomic E-state index is 12.6. The molecule has 0 amide bonds. The van der Waals surface area contributed by atoms with Gasteiger partial charge in [-0.05, 0) is 43.5 Å². The molecular formula is C19H18Cl2N4O. The Morgan fingerprint density at radius 1 is 1.15 bits per heavy atom. The lowest BCUT2D eigenvalue weighted by atomic mass is 10.1. The van der Waals surface area contributed by atoms with Crippen molar-refractivity contribution < 1.29 is 0 Å². The van der Waals surface area contributed by atoms with Gasteiger partial charge in [0.1, 0.15) is 5.65 Å². The Morgan fingerprint density at radius 3 is 2.65 bits per heavy atom. The lowest BCUT2D eigenvalue weighted by Crippen LogP contribution is -2.24. The predicted octanol–water partition coefficient (Wildman–Crippen LogP) is 5.27. The quantitative estimate of drug-likeness (QED) is 0.663. The number of fused-ring (bicyclic) bond motifs is 1. The van der Waals surface area contributed by atoms with E-state index in [1.807, 2.05) is 17.6 Å². The molecule has 1 aliphatic rings. The SMILES string of the molecule is Cc1cc(=O)n(C2CCCC2)c2nc(Nc3ccc(Cl)c(Cl)c3)ncc12. The summed E-state index contributed by atoms with van der Waals surface area (Å²) in [6.45, 7) is 1.91. The van der Waals surface area contributed by atoms with Crippen molar-refractivity contribution in [1.82, 2.24) is 14.5 Å². The molecule has 0 atom stereocenters. The number of rotatable bonds is 3. The molecule has 0 bridgehead atoms. The highest BCUT2D eigenvalue weighted by Crippen LogP contribution is 2.31. The fourth-order valence-corrected chi connectivity index (χ4v) is 3.85. The zero-order valence-electron chi connectivity index (χ0n) is 14.3. The first kappa shape index (κ1) is 17.3. The number of nitrogens with zero attached hydrogens (tertiary/aromatic N) is 3. The minimum Gasteiger partial charge on any atom is -0.324 e. The first-order valence-electron chi connectivity index (χ1n) is 8.64. The highest BCUT2D eigenvalue weighted by molar-refractivity contribution is 6.42. The van der Waals surface area contributed by atoms with E-state index in [4.69, 9.17) is 23.2 Å². The molecule has 2 heterocycles. The topological polar surface area (TPSA) is 59.8 Å². The maximum Gasteiger partial charge on any atom is 0.252 e. The summed E-state index contributed by atoms with van der Waals surface area (Å²) < 4.78 is 1.83. The van der Waals surface area contributed by atoms with Crippen molar-refractivity contribution in [3.05, 3.63) is 56.4 Å². The molecule has 5 nitrogen and oxygen atoms in total. The van der Waals surface area contributed by atoms with E-state index >= 15 is 0 Å². The average Bonchev–Trinajstić information content (AvgIpc) is 3.12. The van der Waals surface area contributed by atoms with Gasteiger partial charge < -0.3 is 5.32 Å². The number of anilines is 2. The third-order valence-corrected chi connectivity index (χ3v) is 5.60. The van der Waals surface area contributed by atoms with Crippen molar-refractivity contribution in [3.8, 4) is 0 Å². The lowest BCUT2D eigenvalue weighted by Gasteiger charge is -2.17. The minimum absolute atomic E-state index is 0.00101. The van der Waals surface area contributed by atoms with Gasteiger partial charge in [0.2, 0.25) is 5.95 Å². The van der Waals surface area contributed by atoms with E-state index in [9.17, 15) is 4.79 Å². The monoisotopic (exact) mass is 388 g/mol. The van der Waals surface area contributed by atoms with Crippen molar-refractivity contribution in [3.63, 3.8) is 0 Å². The van der Waals surface area contributed by atoms with E-state index in [0.717, 1.165) is 42.3 Å². The Labute approximate surface area is 161 Å². The molecule has 1 saturated carbocycles. The molecule has 0 unspecified atom stereocenters. The fraction of sp³-hybridized carbons (Fsp3) is 0.316.